The van der Waals surface area contributed by atoms with Crippen molar-refractivity contribution in [1.82, 2.24) is 0 Å². The van der Waals surface area contributed by atoms with Gasteiger partial charge in [-0.2, -0.15) is 0 Å². The quantitative estimate of drug-likeness (QED) is 0.172. The Bertz CT molecular complexity index is 3250. The van der Waals surface area contributed by atoms with E-state index in [9.17, 15) is 0 Å². The number of anilines is 3. The Morgan fingerprint density at radius 3 is 1.75 bits per heavy atom. The zero-order valence-electron chi connectivity index (χ0n) is 30.3. The van der Waals surface area contributed by atoms with Crippen LogP contribution in [0.5, 0.6) is 0 Å². The Morgan fingerprint density at radius 1 is 0.357 bits per heavy atom. The van der Waals surface area contributed by atoms with Crippen LogP contribution < -0.4 is 4.90 Å². The van der Waals surface area contributed by atoms with Crippen LogP contribution >= 0.6 is 0 Å². The molecule has 12 rings (SSSR count). The van der Waals surface area contributed by atoms with Crippen LogP contribution in [0.2, 0.25) is 0 Å². The Kier molecular flexibility index (Phi) is 6.55. The molecule has 0 N–H and O–H groups in total. The first-order valence-electron chi connectivity index (χ1n) is 19.2. The maximum Gasteiger partial charge on any atom is 0.137 e. The Morgan fingerprint density at radius 2 is 0.946 bits per heavy atom. The molecular weight excluding hydrogens is 683 g/mol. The van der Waals surface area contributed by atoms with E-state index in [2.05, 4.69) is 193 Å². The van der Waals surface area contributed by atoms with Gasteiger partial charge in [-0.15, -0.1) is 0 Å². The lowest BCUT2D eigenvalue weighted by Crippen LogP contribution is -2.28. The Balaban J connectivity index is 1.01. The molecule has 3 nitrogen and oxygen atoms in total. The zero-order chi connectivity index (χ0) is 36.8. The predicted octanol–water partition coefficient (Wildman–Crippen LogP) is 14.5. The van der Waals surface area contributed by atoms with Gasteiger partial charge in [-0.25, -0.2) is 0 Å². The first kappa shape index (κ1) is 31.0. The van der Waals surface area contributed by atoms with E-state index < -0.39 is 5.41 Å². The molecule has 0 aliphatic heterocycles. The summed E-state index contributed by atoms with van der Waals surface area (Å²) in [6, 6.07) is 72.1. The summed E-state index contributed by atoms with van der Waals surface area (Å²) in [6.07, 6.45) is 0. The molecule has 0 saturated heterocycles. The molecule has 262 valence electrons. The second-order valence-corrected chi connectivity index (χ2v) is 14.8. The molecule has 2 heterocycles. The van der Waals surface area contributed by atoms with Crippen LogP contribution in [-0.2, 0) is 5.41 Å². The van der Waals surface area contributed by atoms with E-state index in [1.54, 1.807) is 0 Å². The molecule has 11 aromatic rings. The third-order valence-electron chi connectivity index (χ3n) is 11.9. The summed E-state index contributed by atoms with van der Waals surface area (Å²) in [6.45, 7) is 0. The fourth-order valence-corrected chi connectivity index (χ4v) is 9.53. The summed E-state index contributed by atoms with van der Waals surface area (Å²) < 4.78 is 12.8. The van der Waals surface area contributed by atoms with Crippen molar-refractivity contribution in [1.29, 1.82) is 0 Å². The number of fused-ring (bicyclic) bond motifs is 4. The molecule has 0 unspecified atom stereocenters. The number of nitrogens with zero attached hydrogens (tertiary/aromatic N) is 1. The van der Waals surface area contributed by atoms with Gasteiger partial charge in [0.25, 0.3) is 0 Å². The van der Waals surface area contributed by atoms with Gasteiger partial charge in [-0.1, -0.05) is 140 Å². The smallest absolute Gasteiger partial charge is 0.137 e. The molecule has 3 heteroatoms. The van der Waals surface area contributed by atoms with E-state index in [1.165, 1.54) is 49.4 Å². The van der Waals surface area contributed by atoms with E-state index in [-0.39, 0.29) is 0 Å². The molecular formula is C53H33NO2. The van der Waals surface area contributed by atoms with Gasteiger partial charge in [0.15, 0.2) is 0 Å². The maximum absolute atomic E-state index is 6.39. The third-order valence-corrected chi connectivity index (χ3v) is 11.9. The van der Waals surface area contributed by atoms with Crippen molar-refractivity contribution in [3.63, 3.8) is 0 Å². The topological polar surface area (TPSA) is 29.5 Å². The Labute approximate surface area is 323 Å². The van der Waals surface area contributed by atoms with E-state index >= 15 is 0 Å². The summed E-state index contributed by atoms with van der Waals surface area (Å²) >= 11 is 0. The van der Waals surface area contributed by atoms with E-state index in [4.69, 9.17) is 8.83 Å². The first-order chi connectivity index (χ1) is 27.8. The van der Waals surface area contributed by atoms with Crippen LogP contribution in [0, 0.1) is 0 Å². The SMILES string of the molecule is c1ccc(C2(c3cccc(-c4ccc(N(c5ccc6c(c5)oc5ccccc56)c5cccc6ccccc56)cc4)c3)c3cccc4oc5cccc2c5c34)cc1. The summed E-state index contributed by atoms with van der Waals surface area (Å²) in [5.74, 6) is 0. The lowest BCUT2D eigenvalue weighted by Gasteiger charge is -2.34. The number of rotatable bonds is 6. The average Bonchev–Trinajstić information content (AvgIpc) is 3.94. The van der Waals surface area contributed by atoms with Crippen LogP contribution in [0.3, 0.4) is 0 Å². The maximum atomic E-state index is 6.39. The number of para-hydroxylation sites is 1. The van der Waals surface area contributed by atoms with Crippen molar-refractivity contribution < 1.29 is 8.83 Å². The van der Waals surface area contributed by atoms with Crippen molar-refractivity contribution >= 4 is 71.7 Å². The fourth-order valence-electron chi connectivity index (χ4n) is 9.53. The highest BCUT2D eigenvalue weighted by Crippen LogP contribution is 2.57. The van der Waals surface area contributed by atoms with Crippen LogP contribution in [0.1, 0.15) is 22.3 Å². The lowest BCUT2D eigenvalue weighted by atomic mass is 9.67. The molecule has 1 aliphatic rings. The normalized spacial score (nSPS) is 13.1. The zero-order valence-corrected chi connectivity index (χ0v) is 30.3. The minimum atomic E-state index is -0.488. The summed E-state index contributed by atoms with van der Waals surface area (Å²) in [5.41, 5.74) is 13.7. The van der Waals surface area contributed by atoms with Gasteiger partial charge in [0.1, 0.15) is 22.3 Å². The number of hydrogen-bond acceptors (Lipinski definition) is 3. The second-order valence-electron chi connectivity index (χ2n) is 14.8. The van der Waals surface area contributed by atoms with Gasteiger partial charge in [0.05, 0.1) is 11.1 Å². The second kappa shape index (κ2) is 11.8. The van der Waals surface area contributed by atoms with Gasteiger partial charge in [-0.3, -0.25) is 0 Å². The molecule has 1 aliphatic carbocycles. The number of furan rings is 2. The van der Waals surface area contributed by atoms with E-state index in [0.717, 1.165) is 55.7 Å². The molecule has 9 aromatic carbocycles. The molecule has 2 aromatic heterocycles. The van der Waals surface area contributed by atoms with Gasteiger partial charge in [-0.05, 0) is 93.4 Å². The molecule has 0 spiro atoms. The van der Waals surface area contributed by atoms with Gasteiger partial charge >= 0.3 is 0 Å². The van der Waals surface area contributed by atoms with Crippen molar-refractivity contribution in [2.45, 2.75) is 5.41 Å². The van der Waals surface area contributed by atoms with Crippen LogP contribution in [0.25, 0.3) is 65.8 Å². The monoisotopic (exact) mass is 715 g/mol. The highest BCUT2D eigenvalue weighted by atomic mass is 16.3. The van der Waals surface area contributed by atoms with Gasteiger partial charge in [0, 0.05) is 44.4 Å². The minimum Gasteiger partial charge on any atom is -0.456 e. The highest BCUT2D eigenvalue weighted by molar-refractivity contribution is 6.14. The molecule has 0 bridgehead atoms. The van der Waals surface area contributed by atoms with E-state index in [1.807, 2.05) is 12.1 Å². The lowest BCUT2D eigenvalue weighted by molar-refractivity contribution is 0.663. The standard InChI is InChI=1S/C53H33NO2/c1-2-15-37(16-3-1)53(44-20-10-24-48-51(44)52-45(53)21-11-25-49(52)56-48)38-17-8-14-36(32-38)34-26-28-39(29-27-34)54(46-22-9-13-35-12-4-5-18-41(35)46)40-30-31-43-42-19-6-7-23-47(42)55-50(43)33-40/h1-33H. The average molecular weight is 716 g/mol. The number of hydrogen-bond donors (Lipinski definition) is 0. The van der Waals surface area contributed by atoms with Crippen LogP contribution in [-0.4, -0.2) is 0 Å². The molecule has 56 heavy (non-hydrogen) atoms. The molecule has 0 radical (unpaired) electrons. The van der Waals surface area contributed by atoms with Crippen LogP contribution in [0.4, 0.5) is 17.1 Å². The Hall–Kier alpha value is -7.36. The van der Waals surface area contributed by atoms with Crippen molar-refractivity contribution in [3.05, 3.63) is 222 Å². The minimum absolute atomic E-state index is 0.488. The molecule has 0 fully saturated rings. The van der Waals surface area contributed by atoms with Gasteiger partial charge < -0.3 is 13.7 Å². The number of benzene rings is 9. The molecule has 0 saturated carbocycles. The van der Waals surface area contributed by atoms with E-state index in [0.29, 0.717) is 0 Å². The summed E-state index contributed by atoms with van der Waals surface area (Å²) in [4.78, 5) is 2.35. The predicted molar refractivity (Wildman–Crippen MR) is 230 cm³/mol. The molecule has 0 atom stereocenters. The van der Waals surface area contributed by atoms with Crippen molar-refractivity contribution in [2.24, 2.45) is 0 Å². The largest absolute Gasteiger partial charge is 0.456 e. The van der Waals surface area contributed by atoms with Crippen LogP contribution in [0.15, 0.2) is 209 Å². The molecule has 0 amide bonds. The van der Waals surface area contributed by atoms with Crippen molar-refractivity contribution in [3.8, 4) is 11.1 Å². The van der Waals surface area contributed by atoms with Gasteiger partial charge in [0.2, 0.25) is 0 Å². The summed E-state index contributed by atoms with van der Waals surface area (Å²) in [5, 5.41) is 7.05. The third kappa shape index (κ3) is 4.34. The fraction of sp³-hybridized carbons (Fsp3) is 0.0189. The van der Waals surface area contributed by atoms with Crippen molar-refractivity contribution in [2.75, 3.05) is 4.90 Å². The highest BCUT2D eigenvalue weighted by Gasteiger charge is 2.46. The first-order valence-corrected chi connectivity index (χ1v) is 19.2. The summed E-state index contributed by atoms with van der Waals surface area (Å²) in [7, 11) is 0.